The van der Waals surface area contributed by atoms with Gasteiger partial charge >= 0.3 is 0 Å². The summed E-state index contributed by atoms with van der Waals surface area (Å²) in [7, 11) is 0. The summed E-state index contributed by atoms with van der Waals surface area (Å²) in [6.07, 6.45) is 3.38. The molecule has 1 N–H and O–H groups in total. The van der Waals surface area contributed by atoms with E-state index in [0.717, 1.165) is 10.9 Å². The monoisotopic (exact) mass is 305 g/mol. The summed E-state index contributed by atoms with van der Waals surface area (Å²) in [5.74, 6) is 0.552. The molecule has 1 aromatic carbocycles. The van der Waals surface area contributed by atoms with Gasteiger partial charge in [0.25, 0.3) is 5.91 Å². The highest BCUT2D eigenvalue weighted by atomic mass is 16.2. The molecule has 114 valence electrons. The molecule has 1 aliphatic rings. The maximum atomic E-state index is 12.5. The second kappa shape index (κ2) is 5.64. The molecule has 0 spiro atoms. The SMILES string of the molecule is O=C(c1ccc2ccccc2n1)N1CC(Nc2ncccn2)C1. The Morgan fingerprint density at radius 3 is 2.65 bits per heavy atom. The average Bonchev–Trinajstić information content (AvgIpc) is 2.57. The first-order valence-electron chi connectivity index (χ1n) is 7.48. The number of carbonyl (C=O) groups excluding carboxylic acids is 1. The number of carbonyl (C=O) groups is 1. The largest absolute Gasteiger partial charge is 0.348 e. The van der Waals surface area contributed by atoms with Crippen molar-refractivity contribution in [3.8, 4) is 0 Å². The van der Waals surface area contributed by atoms with Crippen LogP contribution in [0.2, 0.25) is 0 Å². The van der Waals surface area contributed by atoms with E-state index in [1.807, 2.05) is 30.3 Å². The minimum Gasteiger partial charge on any atom is -0.348 e. The van der Waals surface area contributed by atoms with E-state index in [2.05, 4.69) is 20.3 Å². The number of nitrogens with one attached hydrogen (secondary N) is 1. The number of fused-ring (bicyclic) bond motifs is 1. The maximum absolute atomic E-state index is 12.5. The summed E-state index contributed by atoms with van der Waals surface area (Å²) in [5.41, 5.74) is 1.32. The third-order valence-corrected chi connectivity index (χ3v) is 3.89. The molecule has 0 radical (unpaired) electrons. The molecule has 1 saturated heterocycles. The summed E-state index contributed by atoms with van der Waals surface area (Å²) >= 11 is 0. The van der Waals surface area contributed by atoms with Crippen LogP contribution in [0.4, 0.5) is 5.95 Å². The molecule has 0 atom stereocenters. The Labute approximate surface area is 133 Å². The van der Waals surface area contributed by atoms with Gasteiger partial charge in [0.05, 0.1) is 11.6 Å². The van der Waals surface area contributed by atoms with Gasteiger partial charge in [-0.25, -0.2) is 15.0 Å². The van der Waals surface area contributed by atoms with Crippen molar-refractivity contribution in [1.82, 2.24) is 19.9 Å². The molecule has 0 unspecified atom stereocenters. The lowest BCUT2D eigenvalue weighted by Gasteiger charge is -2.39. The van der Waals surface area contributed by atoms with Crippen LogP contribution in [0.1, 0.15) is 10.5 Å². The lowest BCUT2D eigenvalue weighted by Crippen LogP contribution is -2.57. The van der Waals surface area contributed by atoms with Crippen molar-refractivity contribution < 1.29 is 4.79 Å². The predicted molar refractivity (Wildman–Crippen MR) is 87.1 cm³/mol. The number of anilines is 1. The van der Waals surface area contributed by atoms with Gasteiger partial charge in [-0.05, 0) is 18.2 Å². The van der Waals surface area contributed by atoms with E-state index in [0.29, 0.717) is 24.7 Å². The van der Waals surface area contributed by atoms with Crippen LogP contribution in [-0.4, -0.2) is 44.9 Å². The van der Waals surface area contributed by atoms with Crippen LogP contribution in [0.15, 0.2) is 54.9 Å². The van der Waals surface area contributed by atoms with Gasteiger partial charge in [-0.15, -0.1) is 0 Å². The highest BCUT2D eigenvalue weighted by Gasteiger charge is 2.32. The lowest BCUT2D eigenvalue weighted by molar-refractivity contribution is 0.0619. The Morgan fingerprint density at radius 1 is 1.04 bits per heavy atom. The number of aromatic nitrogens is 3. The fourth-order valence-electron chi connectivity index (χ4n) is 2.64. The number of hydrogen-bond donors (Lipinski definition) is 1. The highest BCUT2D eigenvalue weighted by Crippen LogP contribution is 2.17. The van der Waals surface area contributed by atoms with E-state index in [-0.39, 0.29) is 11.9 Å². The van der Waals surface area contributed by atoms with Gasteiger partial charge in [0.1, 0.15) is 5.69 Å². The molecule has 3 aromatic rings. The molecule has 1 fully saturated rings. The number of benzene rings is 1. The Hall–Kier alpha value is -3.02. The predicted octanol–water partition coefficient (Wildman–Crippen LogP) is 1.96. The fraction of sp³-hybridized carbons (Fsp3) is 0.176. The summed E-state index contributed by atoms with van der Waals surface area (Å²) < 4.78 is 0. The van der Waals surface area contributed by atoms with E-state index >= 15 is 0 Å². The topological polar surface area (TPSA) is 71.0 Å². The zero-order valence-corrected chi connectivity index (χ0v) is 12.4. The normalized spacial score (nSPS) is 14.5. The van der Waals surface area contributed by atoms with Gasteiger partial charge in [-0.3, -0.25) is 4.79 Å². The van der Waals surface area contributed by atoms with Crippen LogP contribution in [0, 0.1) is 0 Å². The van der Waals surface area contributed by atoms with Gasteiger partial charge < -0.3 is 10.2 Å². The minimum atomic E-state index is -0.0391. The molecular weight excluding hydrogens is 290 g/mol. The fourth-order valence-corrected chi connectivity index (χ4v) is 2.64. The molecule has 2 aromatic heterocycles. The second-order valence-corrected chi connectivity index (χ2v) is 5.51. The van der Waals surface area contributed by atoms with Crippen LogP contribution in [0.5, 0.6) is 0 Å². The first-order valence-corrected chi connectivity index (χ1v) is 7.48. The van der Waals surface area contributed by atoms with Crippen molar-refractivity contribution in [2.45, 2.75) is 6.04 Å². The number of rotatable bonds is 3. The van der Waals surface area contributed by atoms with Gasteiger partial charge in [-0.2, -0.15) is 0 Å². The summed E-state index contributed by atoms with van der Waals surface area (Å²) in [5, 5.41) is 4.24. The Bertz CT molecular complexity index is 846. The number of pyridine rings is 1. The Balaban J connectivity index is 1.42. The van der Waals surface area contributed by atoms with E-state index < -0.39 is 0 Å². The number of nitrogens with zero attached hydrogens (tertiary/aromatic N) is 4. The second-order valence-electron chi connectivity index (χ2n) is 5.51. The number of para-hydroxylation sites is 1. The van der Waals surface area contributed by atoms with Gasteiger partial charge in [-0.1, -0.05) is 24.3 Å². The molecular formula is C17H15N5O. The minimum absolute atomic E-state index is 0.0391. The Morgan fingerprint density at radius 2 is 1.83 bits per heavy atom. The zero-order chi connectivity index (χ0) is 15.6. The van der Waals surface area contributed by atoms with Crippen molar-refractivity contribution in [2.24, 2.45) is 0 Å². The zero-order valence-electron chi connectivity index (χ0n) is 12.4. The number of hydrogen-bond acceptors (Lipinski definition) is 5. The molecule has 4 rings (SSSR count). The van der Waals surface area contributed by atoms with Crippen LogP contribution >= 0.6 is 0 Å². The molecule has 1 aliphatic heterocycles. The highest BCUT2D eigenvalue weighted by molar-refractivity contribution is 5.95. The van der Waals surface area contributed by atoms with Gasteiger partial charge in [0.15, 0.2) is 0 Å². The van der Waals surface area contributed by atoms with Crippen LogP contribution in [-0.2, 0) is 0 Å². The molecule has 6 heteroatoms. The molecule has 0 aliphatic carbocycles. The first-order chi connectivity index (χ1) is 11.3. The molecule has 3 heterocycles. The smallest absolute Gasteiger partial charge is 0.272 e. The standard InChI is InChI=1S/C17H15N5O/c23-16(15-7-6-12-4-1-2-5-14(12)21-15)22-10-13(11-22)20-17-18-8-3-9-19-17/h1-9,13H,10-11H2,(H,18,19,20). The molecule has 0 bridgehead atoms. The van der Waals surface area contributed by atoms with Crippen molar-refractivity contribution >= 4 is 22.8 Å². The number of amides is 1. The van der Waals surface area contributed by atoms with Gasteiger partial charge in [0, 0.05) is 30.9 Å². The van der Waals surface area contributed by atoms with Crippen LogP contribution in [0.25, 0.3) is 10.9 Å². The Kier molecular flexibility index (Phi) is 3.34. The van der Waals surface area contributed by atoms with E-state index in [4.69, 9.17) is 0 Å². The van der Waals surface area contributed by atoms with Crippen molar-refractivity contribution in [3.63, 3.8) is 0 Å². The maximum Gasteiger partial charge on any atom is 0.272 e. The number of likely N-dealkylation sites (tertiary alicyclic amines) is 1. The lowest BCUT2D eigenvalue weighted by atomic mass is 10.1. The summed E-state index contributed by atoms with van der Waals surface area (Å²) in [4.78, 5) is 26.9. The third-order valence-electron chi connectivity index (χ3n) is 3.89. The molecule has 23 heavy (non-hydrogen) atoms. The summed E-state index contributed by atoms with van der Waals surface area (Å²) in [6, 6.07) is 13.5. The van der Waals surface area contributed by atoms with E-state index in [9.17, 15) is 4.79 Å². The van der Waals surface area contributed by atoms with E-state index in [1.54, 1.807) is 29.4 Å². The summed E-state index contributed by atoms with van der Waals surface area (Å²) in [6.45, 7) is 1.26. The van der Waals surface area contributed by atoms with Crippen molar-refractivity contribution in [1.29, 1.82) is 0 Å². The van der Waals surface area contributed by atoms with Gasteiger partial charge in [0.2, 0.25) is 5.95 Å². The van der Waals surface area contributed by atoms with Crippen molar-refractivity contribution in [2.75, 3.05) is 18.4 Å². The first kappa shape index (κ1) is 13.6. The van der Waals surface area contributed by atoms with Crippen LogP contribution in [0.3, 0.4) is 0 Å². The van der Waals surface area contributed by atoms with Crippen LogP contribution < -0.4 is 5.32 Å². The average molecular weight is 305 g/mol. The van der Waals surface area contributed by atoms with Crippen molar-refractivity contribution in [3.05, 3.63) is 60.6 Å². The molecule has 0 saturated carbocycles. The molecule has 1 amide bonds. The van der Waals surface area contributed by atoms with E-state index in [1.165, 1.54) is 0 Å². The third kappa shape index (κ3) is 2.70. The molecule has 6 nitrogen and oxygen atoms in total. The quantitative estimate of drug-likeness (QED) is 0.801.